The fraction of sp³-hybridized carbons (Fsp3) is 1.00. The SMILES string of the molecule is CCCCCSC(O)C[N+](C)(C)C.[I-]. The molecule has 0 radical (unpaired) electrons. The third kappa shape index (κ3) is 13.0. The van der Waals surface area contributed by atoms with Crippen LogP contribution in [0.2, 0.25) is 0 Å². The first-order chi connectivity index (χ1) is 5.95. The Kier molecular flexibility index (Phi) is 11.5. The zero-order valence-electron chi connectivity index (χ0n) is 9.79. The van der Waals surface area contributed by atoms with Crippen LogP contribution in [-0.4, -0.2) is 48.5 Å². The van der Waals surface area contributed by atoms with E-state index in [4.69, 9.17) is 0 Å². The normalized spacial score (nSPS) is 13.5. The summed E-state index contributed by atoms with van der Waals surface area (Å²) in [6.07, 6.45) is 3.77. The summed E-state index contributed by atoms with van der Waals surface area (Å²) in [5, 5.41) is 9.63. The van der Waals surface area contributed by atoms with E-state index >= 15 is 0 Å². The van der Waals surface area contributed by atoms with Crippen molar-refractivity contribution in [3.05, 3.63) is 0 Å². The Morgan fingerprint density at radius 2 is 1.79 bits per heavy atom. The highest BCUT2D eigenvalue weighted by Gasteiger charge is 2.14. The minimum atomic E-state index is -0.197. The number of aliphatic hydroxyl groups is 1. The molecule has 0 heterocycles. The van der Waals surface area contributed by atoms with E-state index in [1.807, 2.05) is 0 Å². The summed E-state index contributed by atoms with van der Waals surface area (Å²) in [5.74, 6) is 1.09. The van der Waals surface area contributed by atoms with Gasteiger partial charge in [0.25, 0.3) is 0 Å². The van der Waals surface area contributed by atoms with Crippen molar-refractivity contribution >= 4 is 11.8 Å². The molecule has 0 amide bonds. The van der Waals surface area contributed by atoms with Gasteiger partial charge >= 0.3 is 0 Å². The summed E-state index contributed by atoms with van der Waals surface area (Å²) in [7, 11) is 6.32. The number of nitrogens with zero attached hydrogens (tertiary/aromatic N) is 1. The molecule has 0 bridgehead atoms. The van der Waals surface area contributed by atoms with E-state index in [2.05, 4.69) is 28.1 Å². The van der Waals surface area contributed by atoms with Gasteiger partial charge in [-0.3, -0.25) is 0 Å². The van der Waals surface area contributed by atoms with Crippen molar-refractivity contribution in [2.24, 2.45) is 0 Å². The van der Waals surface area contributed by atoms with Crippen LogP contribution in [0.1, 0.15) is 26.2 Å². The van der Waals surface area contributed by atoms with E-state index in [0.29, 0.717) is 0 Å². The smallest absolute Gasteiger partial charge is 0.148 e. The lowest BCUT2D eigenvalue weighted by atomic mass is 10.3. The summed E-state index contributed by atoms with van der Waals surface area (Å²) < 4.78 is 0.835. The molecular formula is C10H24INOS. The van der Waals surface area contributed by atoms with Gasteiger partial charge < -0.3 is 33.6 Å². The second kappa shape index (κ2) is 9.24. The van der Waals surface area contributed by atoms with E-state index in [1.54, 1.807) is 11.8 Å². The molecule has 0 saturated heterocycles. The number of hydrogen-bond donors (Lipinski definition) is 1. The molecule has 2 nitrogen and oxygen atoms in total. The van der Waals surface area contributed by atoms with Crippen molar-refractivity contribution < 1.29 is 33.6 Å². The van der Waals surface area contributed by atoms with Crippen LogP contribution < -0.4 is 24.0 Å². The summed E-state index contributed by atoms with van der Waals surface area (Å²) in [5.41, 5.74) is -0.197. The van der Waals surface area contributed by atoms with Gasteiger partial charge in [0.2, 0.25) is 0 Å². The second-order valence-corrected chi connectivity index (χ2v) is 5.79. The van der Waals surface area contributed by atoms with Gasteiger partial charge in [-0.15, -0.1) is 11.8 Å². The van der Waals surface area contributed by atoms with Crippen molar-refractivity contribution in [2.45, 2.75) is 31.6 Å². The van der Waals surface area contributed by atoms with Gasteiger partial charge in [-0.25, -0.2) is 0 Å². The van der Waals surface area contributed by atoms with Crippen molar-refractivity contribution in [3.63, 3.8) is 0 Å². The molecule has 0 saturated carbocycles. The number of halogens is 1. The lowest BCUT2D eigenvalue weighted by Crippen LogP contribution is -3.00. The number of unbranched alkanes of at least 4 members (excludes halogenated alkanes) is 2. The summed E-state index contributed by atoms with van der Waals surface area (Å²) in [4.78, 5) is 0. The molecule has 14 heavy (non-hydrogen) atoms. The predicted octanol–water partition coefficient (Wildman–Crippen LogP) is -1.06. The lowest BCUT2D eigenvalue weighted by Gasteiger charge is -2.26. The topological polar surface area (TPSA) is 20.2 Å². The molecule has 0 aromatic rings. The number of quaternary nitrogens is 1. The van der Waals surface area contributed by atoms with E-state index < -0.39 is 0 Å². The lowest BCUT2D eigenvalue weighted by molar-refractivity contribution is -0.871. The molecule has 0 aliphatic rings. The molecule has 1 N–H and O–H groups in total. The highest BCUT2D eigenvalue weighted by Crippen LogP contribution is 2.13. The van der Waals surface area contributed by atoms with Crippen LogP contribution >= 0.6 is 11.8 Å². The van der Waals surface area contributed by atoms with Crippen molar-refractivity contribution in [3.8, 4) is 0 Å². The van der Waals surface area contributed by atoms with Crippen LogP contribution in [0.25, 0.3) is 0 Å². The molecule has 0 aliphatic carbocycles. The molecule has 0 aromatic heterocycles. The minimum absolute atomic E-state index is 0. The van der Waals surface area contributed by atoms with Crippen LogP contribution in [0.4, 0.5) is 0 Å². The minimum Gasteiger partial charge on any atom is -1.00 e. The van der Waals surface area contributed by atoms with E-state index in [0.717, 1.165) is 16.8 Å². The third-order valence-corrected chi connectivity index (χ3v) is 2.82. The van der Waals surface area contributed by atoms with Gasteiger partial charge in [-0.1, -0.05) is 19.8 Å². The highest BCUT2D eigenvalue weighted by molar-refractivity contribution is 7.99. The summed E-state index contributed by atoms with van der Waals surface area (Å²) in [6.45, 7) is 3.03. The van der Waals surface area contributed by atoms with Gasteiger partial charge in [-0.05, 0) is 12.2 Å². The molecular weight excluding hydrogens is 309 g/mol. The Hall–Kier alpha value is 1.00. The number of hydrogen-bond acceptors (Lipinski definition) is 2. The Balaban J connectivity index is 0. The van der Waals surface area contributed by atoms with E-state index in [1.165, 1.54) is 19.3 Å². The Morgan fingerprint density at radius 1 is 1.21 bits per heavy atom. The van der Waals surface area contributed by atoms with Crippen molar-refractivity contribution in [1.29, 1.82) is 0 Å². The van der Waals surface area contributed by atoms with Crippen LogP contribution in [0, 0.1) is 0 Å². The Labute approximate surface area is 110 Å². The number of aliphatic hydroxyl groups excluding tert-OH is 1. The predicted molar refractivity (Wildman–Crippen MR) is 60.9 cm³/mol. The Bertz CT molecular complexity index is 128. The Morgan fingerprint density at radius 3 is 2.21 bits per heavy atom. The zero-order valence-corrected chi connectivity index (χ0v) is 12.8. The summed E-state index contributed by atoms with van der Waals surface area (Å²) in [6, 6.07) is 0. The third-order valence-electron chi connectivity index (χ3n) is 1.76. The fourth-order valence-electron chi connectivity index (χ4n) is 1.09. The zero-order chi connectivity index (χ0) is 10.3. The largest absolute Gasteiger partial charge is 1.00 e. The molecule has 1 atom stereocenters. The average molecular weight is 333 g/mol. The molecule has 0 aromatic carbocycles. The maximum absolute atomic E-state index is 9.63. The molecule has 0 spiro atoms. The van der Waals surface area contributed by atoms with Gasteiger partial charge in [0.1, 0.15) is 12.0 Å². The van der Waals surface area contributed by atoms with Crippen LogP contribution in [-0.2, 0) is 0 Å². The highest BCUT2D eigenvalue weighted by atomic mass is 127. The molecule has 88 valence electrons. The summed E-state index contributed by atoms with van der Waals surface area (Å²) >= 11 is 1.68. The van der Waals surface area contributed by atoms with Gasteiger partial charge in [-0.2, -0.15) is 0 Å². The van der Waals surface area contributed by atoms with Crippen LogP contribution in [0.5, 0.6) is 0 Å². The van der Waals surface area contributed by atoms with Crippen molar-refractivity contribution in [2.75, 3.05) is 33.4 Å². The second-order valence-electron chi connectivity index (χ2n) is 4.51. The van der Waals surface area contributed by atoms with Gasteiger partial charge in [0.05, 0.1) is 21.1 Å². The first-order valence-corrected chi connectivity index (χ1v) is 6.10. The maximum Gasteiger partial charge on any atom is 0.148 e. The molecule has 0 aliphatic heterocycles. The standard InChI is InChI=1S/C10H24NOS.HI/c1-5-6-7-8-13-10(12)9-11(2,3)4;/h10,12H,5-9H2,1-4H3;1H/q+1;/p-1. The quantitative estimate of drug-likeness (QED) is 0.277. The monoisotopic (exact) mass is 333 g/mol. The molecule has 4 heteroatoms. The van der Waals surface area contributed by atoms with Crippen LogP contribution in [0.15, 0.2) is 0 Å². The molecule has 1 unspecified atom stereocenters. The van der Waals surface area contributed by atoms with Crippen molar-refractivity contribution in [1.82, 2.24) is 0 Å². The fourth-order valence-corrected chi connectivity index (χ4v) is 2.29. The molecule has 0 fully saturated rings. The number of likely N-dealkylation sites (N-methyl/N-ethyl adjacent to an activating group) is 1. The van der Waals surface area contributed by atoms with Gasteiger partial charge in [0.15, 0.2) is 0 Å². The average Bonchev–Trinajstić information content (AvgIpc) is 1.94. The van der Waals surface area contributed by atoms with Crippen LogP contribution in [0.3, 0.4) is 0 Å². The first-order valence-electron chi connectivity index (χ1n) is 5.06. The van der Waals surface area contributed by atoms with E-state index in [9.17, 15) is 5.11 Å². The molecule has 0 rings (SSSR count). The van der Waals surface area contributed by atoms with E-state index in [-0.39, 0.29) is 29.4 Å². The maximum atomic E-state index is 9.63. The van der Waals surface area contributed by atoms with Gasteiger partial charge in [0, 0.05) is 0 Å². The number of rotatable bonds is 7. The first kappa shape index (κ1) is 17.4. The number of thioether (sulfide) groups is 1.